The fourth-order valence-electron chi connectivity index (χ4n) is 2.81. The number of aromatic amines is 1. The van der Waals surface area contributed by atoms with E-state index in [1.165, 1.54) is 6.92 Å². The number of hydrogen-bond acceptors (Lipinski definition) is 6. The van der Waals surface area contributed by atoms with Crippen molar-refractivity contribution in [2.45, 2.75) is 37.6 Å². The molecule has 24 heavy (non-hydrogen) atoms. The van der Waals surface area contributed by atoms with Gasteiger partial charge >= 0.3 is 0 Å². The molecule has 1 aliphatic rings. The second-order valence-electron chi connectivity index (χ2n) is 5.77. The third kappa shape index (κ3) is 3.22. The van der Waals surface area contributed by atoms with Gasteiger partial charge in [-0.2, -0.15) is 0 Å². The topological polar surface area (TPSA) is 124 Å². The van der Waals surface area contributed by atoms with Crippen LogP contribution in [0.1, 0.15) is 6.92 Å². The van der Waals surface area contributed by atoms with Gasteiger partial charge in [0.2, 0.25) is 12.2 Å². The number of carbonyl (C=O) groups excluding carboxylic acids is 1. The van der Waals surface area contributed by atoms with Gasteiger partial charge in [0.05, 0.1) is 6.61 Å². The van der Waals surface area contributed by atoms with Gasteiger partial charge in [-0.1, -0.05) is 18.2 Å². The van der Waals surface area contributed by atoms with Crippen molar-refractivity contribution in [3.05, 3.63) is 30.3 Å². The number of para-hydroxylation sites is 1. The Morgan fingerprint density at radius 2 is 2.08 bits per heavy atom. The molecule has 8 nitrogen and oxygen atoms in total. The number of benzene rings is 1. The van der Waals surface area contributed by atoms with E-state index in [0.29, 0.717) is 5.88 Å². The minimum absolute atomic E-state index is 0.386. The Balaban J connectivity index is 1.84. The minimum Gasteiger partial charge on any atom is -0.447 e. The Bertz CT molecular complexity index is 684. The lowest BCUT2D eigenvalue weighted by Crippen LogP contribution is -2.65. The second-order valence-corrected chi connectivity index (χ2v) is 5.77. The quantitative estimate of drug-likeness (QED) is 0.512. The number of aliphatic hydroxyl groups excluding tert-OH is 3. The lowest BCUT2D eigenvalue weighted by molar-refractivity contribution is -0.245. The van der Waals surface area contributed by atoms with Crippen LogP contribution in [0.25, 0.3) is 10.9 Å². The Morgan fingerprint density at radius 3 is 2.75 bits per heavy atom. The first-order valence-electron chi connectivity index (χ1n) is 7.63. The van der Waals surface area contributed by atoms with Gasteiger partial charge in [0.1, 0.15) is 24.4 Å². The average Bonchev–Trinajstić information content (AvgIpc) is 2.96. The average molecular weight is 336 g/mol. The van der Waals surface area contributed by atoms with Gasteiger partial charge in [0.15, 0.2) is 5.88 Å². The van der Waals surface area contributed by atoms with E-state index >= 15 is 0 Å². The first kappa shape index (κ1) is 16.7. The summed E-state index contributed by atoms with van der Waals surface area (Å²) in [6.07, 6.45) is -4.76. The Hall–Kier alpha value is -2.13. The number of carbonyl (C=O) groups is 1. The standard InChI is InChI=1S/C16H20N2O6/c1-8(20)17-13-15(22)14(21)11(7-19)23-16(13)24-12-6-9-4-2-3-5-10(9)18-12/h2-6,11,13-16,18-19,21-22H,7H2,1H3,(H,17,20)/t11-,13-,14-,15-,16?/m1/s1. The van der Waals surface area contributed by atoms with Crippen LogP contribution in [-0.4, -0.2) is 63.5 Å². The van der Waals surface area contributed by atoms with Gasteiger partial charge in [-0.15, -0.1) is 0 Å². The number of hydrogen-bond donors (Lipinski definition) is 5. The molecular formula is C16H20N2O6. The fourth-order valence-corrected chi connectivity index (χ4v) is 2.81. The highest BCUT2D eigenvalue weighted by atomic mass is 16.7. The maximum atomic E-state index is 11.4. The monoisotopic (exact) mass is 336 g/mol. The van der Waals surface area contributed by atoms with E-state index in [1.54, 1.807) is 6.07 Å². The highest BCUT2D eigenvalue weighted by Gasteiger charge is 2.46. The maximum absolute atomic E-state index is 11.4. The summed E-state index contributed by atoms with van der Waals surface area (Å²) >= 11 is 0. The zero-order chi connectivity index (χ0) is 17.3. The van der Waals surface area contributed by atoms with E-state index in [9.17, 15) is 20.1 Å². The summed E-state index contributed by atoms with van der Waals surface area (Å²) < 4.78 is 11.2. The smallest absolute Gasteiger partial charge is 0.225 e. The number of aromatic nitrogens is 1. The van der Waals surface area contributed by atoms with Crippen LogP contribution in [0.15, 0.2) is 30.3 Å². The molecule has 0 radical (unpaired) electrons. The largest absolute Gasteiger partial charge is 0.447 e. The van der Waals surface area contributed by atoms with Crippen LogP contribution in [0.4, 0.5) is 0 Å². The minimum atomic E-state index is -1.34. The molecule has 0 saturated carbocycles. The van der Waals surface area contributed by atoms with Crippen LogP contribution in [0.5, 0.6) is 5.88 Å². The van der Waals surface area contributed by atoms with Gasteiger partial charge < -0.3 is 35.1 Å². The normalized spacial score (nSPS) is 30.2. The number of H-pyrrole nitrogens is 1. The summed E-state index contributed by atoms with van der Waals surface area (Å²) in [5.41, 5.74) is 0.860. The highest BCUT2D eigenvalue weighted by Crippen LogP contribution is 2.26. The van der Waals surface area contributed by atoms with Crippen molar-refractivity contribution in [1.29, 1.82) is 0 Å². The van der Waals surface area contributed by atoms with Crippen LogP contribution in [0.3, 0.4) is 0 Å². The first-order valence-corrected chi connectivity index (χ1v) is 7.63. The van der Waals surface area contributed by atoms with Crippen molar-refractivity contribution in [3.8, 4) is 5.88 Å². The summed E-state index contributed by atoms with van der Waals surface area (Å²) in [4.78, 5) is 14.4. The molecule has 1 aromatic heterocycles. The molecule has 0 bridgehead atoms. The summed E-state index contributed by atoms with van der Waals surface area (Å²) in [5, 5.41) is 32.9. The van der Waals surface area contributed by atoms with Gasteiger partial charge in [-0.25, -0.2) is 0 Å². The third-order valence-corrected chi connectivity index (χ3v) is 4.00. The van der Waals surface area contributed by atoms with E-state index < -0.39 is 43.2 Å². The molecule has 1 saturated heterocycles. The Labute approximate surface area is 138 Å². The molecular weight excluding hydrogens is 316 g/mol. The number of ether oxygens (including phenoxy) is 2. The molecule has 1 fully saturated rings. The van der Waals surface area contributed by atoms with Crippen LogP contribution < -0.4 is 10.1 Å². The molecule has 0 spiro atoms. The van der Waals surface area contributed by atoms with Crippen molar-refractivity contribution < 1.29 is 29.6 Å². The van der Waals surface area contributed by atoms with Crippen LogP contribution in [0, 0.1) is 0 Å². The van der Waals surface area contributed by atoms with E-state index in [4.69, 9.17) is 9.47 Å². The van der Waals surface area contributed by atoms with Crippen molar-refractivity contribution in [1.82, 2.24) is 10.3 Å². The van der Waals surface area contributed by atoms with Gasteiger partial charge in [0.25, 0.3) is 0 Å². The SMILES string of the molecule is CC(=O)N[C@H]1C(Oc2cc3ccccc3[nH]2)O[C@H](CO)[C@@H](O)[C@@H]1O. The van der Waals surface area contributed by atoms with Gasteiger partial charge in [-0.05, 0) is 6.07 Å². The molecule has 2 aromatic rings. The first-order chi connectivity index (χ1) is 11.5. The molecule has 8 heteroatoms. The summed E-state index contributed by atoms with van der Waals surface area (Å²) in [7, 11) is 0. The molecule has 5 N–H and O–H groups in total. The Morgan fingerprint density at radius 1 is 1.33 bits per heavy atom. The van der Waals surface area contributed by atoms with Crippen LogP contribution in [0.2, 0.25) is 0 Å². The van der Waals surface area contributed by atoms with Crippen LogP contribution >= 0.6 is 0 Å². The summed E-state index contributed by atoms with van der Waals surface area (Å²) in [6, 6.07) is 8.33. The van der Waals surface area contributed by atoms with Crippen molar-refractivity contribution in [2.75, 3.05) is 6.61 Å². The van der Waals surface area contributed by atoms with Crippen molar-refractivity contribution in [2.24, 2.45) is 0 Å². The summed E-state index contributed by atoms with van der Waals surface area (Å²) in [6.45, 7) is 0.800. The third-order valence-electron chi connectivity index (χ3n) is 4.00. The maximum Gasteiger partial charge on any atom is 0.225 e. The van der Waals surface area contributed by atoms with Crippen molar-refractivity contribution in [3.63, 3.8) is 0 Å². The molecule has 1 aromatic carbocycles. The molecule has 3 rings (SSSR count). The number of rotatable bonds is 4. The zero-order valence-corrected chi connectivity index (χ0v) is 13.0. The number of amides is 1. The lowest BCUT2D eigenvalue weighted by Gasteiger charge is -2.41. The molecule has 2 heterocycles. The molecule has 1 aliphatic heterocycles. The number of nitrogens with one attached hydrogen (secondary N) is 2. The fraction of sp³-hybridized carbons (Fsp3) is 0.438. The molecule has 5 atom stereocenters. The number of aliphatic hydroxyl groups is 3. The number of fused-ring (bicyclic) bond motifs is 1. The van der Waals surface area contributed by atoms with E-state index in [2.05, 4.69) is 10.3 Å². The van der Waals surface area contributed by atoms with Gasteiger partial charge in [-0.3, -0.25) is 4.79 Å². The molecule has 1 amide bonds. The van der Waals surface area contributed by atoms with Crippen LogP contribution in [-0.2, 0) is 9.53 Å². The highest BCUT2D eigenvalue weighted by molar-refractivity contribution is 5.81. The zero-order valence-electron chi connectivity index (χ0n) is 13.0. The predicted octanol–water partition coefficient (Wildman–Crippen LogP) is -0.510. The molecule has 0 aliphatic carbocycles. The predicted molar refractivity (Wildman–Crippen MR) is 84.3 cm³/mol. The van der Waals surface area contributed by atoms with E-state index in [0.717, 1.165) is 10.9 Å². The van der Waals surface area contributed by atoms with E-state index in [1.807, 2.05) is 24.3 Å². The summed E-state index contributed by atoms with van der Waals surface area (Å²) in [5.74, 6) is -0.0145. The van der Waals surface area contributed by atoms with E-state index in [-0.39, 0.29) is 0 Å². The molecule has 1 unspecified atom stereocenters. The van der Waals surface area contributed by atoms with Gasteiger partial charge in [0, 0.05) is 23.9 Å². The molecule has 130 valence electrons. The second kappa shape index (κ2) is 6.78. The van der Waals surface area contributed by atoms with Crippen molar-refractivity contribution >= 4 is 16.8 Å². The lowest BCUT2D eigenvalue weighted by atomic mass is 9.97. The Kier molecular flexibility index (Phi) is 4.72.